The van der Waals surface area contributed by atoms with Crippen molar-refractivity contribution in [2.75, 3.05) is 39.6 Å². The number of ether oxygens (including phenoxy) is 1. The predicted octanol–water partition coefficient (Wildman–Crippen LogP) is 1.23. The van der Waals surface area contributed by atoms with E-state index < -0.39 is 10.0 Å². The molecule has 1 aromatic heterocycles. The first kappa shape index (κ1) is 16.5. The average Bonchev–Trinajstić information content (AvgIpc) is 2.97. The van der Waals surface area contributed by atoms with Gasteiger partial charge in [0.15, 0.2) is 0 Å². The molecule has 0 radical (unpaired) electrons. The number of nitrogens with one attached hydrogen (secondary N) is 1. The summed E-state index contributed by atoms with van der Waals surface area (Å²) in [4.78, 5) is 0. The lowest BCUT2D eigenvalue weighted by Gasteiger charge is -2.31. The third-order valence-electron chi connectivity index (χ3n) is 3.82. The summed E-state index contributed by atoms with van der Waals surface area (Å²) in [5, 5.41) is 3.42. The van der Waals surface area contributed by atoms with Crippen LogP contribution >= 0.6 is 0 Å². The van der Waals surface area contributed by atoms with E-state index in [4.69, 9.17) is 9.15 Å². The van der Waals surface area contributed by atoms with Crippen molar-refractivity contribution in [3.63, 3.8) is 0 Å². The monoisotopic (exact) mass is 316 g/mol. The summed E-state index contributed by atoms with van der Waals surface area (Å²) in [6.07, 6.45) is 4.87. The molecule has 1 aliphatic heterocycles. The summed E-state index contributed by atoms with van der Waals surface area (Å²) >= 11 is 0. The highest BCUT2D eigenvalue weighted by Gasteiger charge is 2.26. The first-order chi connectivity index (χ1) is 10.0. The Kier molecular flexibility index (Phi) is 5.80. The van der Waals surface area contributed by atoms with Gasteiger partial charge in [-0.1, -0.05) is 0 Å². The van der Waals surface area contributed by atoms with Gasteiger partial charge >= 0.3 is 0 Å². The Morgan fingerprint density at radius 1 is 1.57 bits per heavy atom. The molecule has 0 saturated carbocycles. The van der Waals surface area contributed by atoms with Crippen molar-refractivity contribution in [3.05, 3.63) is 24.2 Å². The minimum atomic E-state index is -3.09. The summed E-state index contributed by atoms with van der Waals surface area (Å²) in [7, 11) is -1.43. The molecule has 1 aromatic rings. The molecule has 1 N–H and O–H groups in total. The zero-order chi connectivity index (χ0) is 15.3. The Hall–Kier alpha value is -0.890. The standard InChI is InChI=1S/C14H24N2O4S/c1-19-11-13(14-6-4-8-20-14)15-9-12-5-3-7-16(10-12)21(2,17)18/h4,6,8,12-13,15H,3,5,7,9-11H2,1-2H3/t12-,13-/m0/s1. The second-order valence-corrected chi connectivity index (χ2v) is 7.54. The second-order valence-electron chi connectivity index (χ2n) is 5.56. The number of rotatable bonds is 7. The molecule has 2 heterocycles. The maximum Gasteiger partial charge on any atom is 0.211 e. The Morgan fingerprint density at radius 3 is 3.00 bits per heavy atom. The third-order valence-corrected chi connectivity index (χ3v) is 5.09. The molecule has 0 spiro atoms. The van der Waals surface area contributed by atoms with E-state index in [2.05, 4.69) is 5.32 Å². The van der Waals surface area contributed by atoms with E-state index in [1.807, 2.05) is 12.1 Å². The van der Waals surface area contributed by atoms with Gasteiger partial charge < -0.3 is 14.5 Å². The highest BCUT2D eigenvalue weighted by Crippen LogP contribution is 2.20. The lowest BCUT2D eigenvalue weighted by Crippen LogP contribution is -2.43. The van der Waals surface area contributed by atoms with Gasteiger partial charge in [-0.05, 0) is 37.4 Å². The summed E-state index contributed by atoms with van der Waals surface area (Å²) in [6.45, 7) is 2.50. The van der Waals surface area contributed by atoms with E-state index in [1.165, 1.54) is 6.26 Å². The van der Waals surface area contributed by atoms with Gasteiger partial charge in [0.1, 0.15) is 5.76 Å². The van der Waals surface area contributed by atoms with Crippen LogP contribution in [-0.2, 0) is 14.8 Å². The van der Waals surface area contributed by atoms with Crippen LogP contribution in [0, 0.1) is 5.92 Å². The molecule has 0 aliphatic carbocycles. The summed E-state index contributed by atoms with van der Waals surface area (Å²) in [5.74, 6) is 1.16. The molecule has 1 aliphatic rings. The molecule has 21 heavy (non-hydrogen) atoms. The van der Waals surface area contributed by atoms with E-state index in [-0.39, 0.29) is 6.04 Å². The van der Waals surface area contributed by atoms with Crippen molar-refractivity contribution in [1.82, 2.24) is 9.62 Å². The van der Waals surface area contributed by atoms with Crippen LogP contribution in [0.2, 0.25) is 0 Å². The number of methoxy groups -OCH3 is 1. The van der Waals surface area contributed by atoms with Crippen molar-refractivity contribution < 1.29 is 17.6 Å². The number of hydrogen-bond donors (Lipinski definition) is 1. The summed E-state index contributed by atoms with van der Waals surface area (Å²) in [6, 6.07) is 3.77. The lowest BCUT2D eigenvalue weighted by atomic mass is 9.99. The van der Waals surface area contributed by atoms with Crippen LogP contribution in [0.1, 0.15) is 24.6 Å². The minimum Gasteiger partial charge on any atom is -0.468 e. The molecule has 6 nitrogen and oxygen atoms in total. The van der Waals surface area contributed by atoms with Crippen LogP contribution in [0.4, 0.5) is 0 Å². The van der Waals surface area contributed by atoms with Crippen LogP contribution in [0.5, 0.6) is 0 Å². The normalized spacial score (nSPS) is 22.3. The lowest BCUT2D eigenvalue weighted by molar-refractivity contribution is 0.150. The molecule has 1 fully saturated rings. The SMILES string of the molecule is COC[C@H](NC[C@@H]1CCCN(S(C)(=O)=O)C1)c1ccco1. The third kappa shape index (κ3) is 4.81. The minimum absolute atomic E-state index is 0.00129. The van der Waals surface area contributed by atoms with E-state index in [9.17, 15) is 8.42 Å². The van der Waals surface area contributed by atoms with Gasteiger partial charge in [-0.2, -0.15) is 0 Å². The fraction of sp³-hybridized carbons (Fsp3) is 0.714. The maximum atomic E-state index is 11.6. The molecule has 7 heteroatoms. The van der Waals surface area contributed by atoms with Gasteiger partial charge in [0.25, 0.3) is 0 Å². The second kappa shape index (κ2) is 7.40. The number of furan rings is 1. The van der Waals surface area contributed by atoms with Crippen LogP contribution in [0.3, 0.4) is 0 Å². The van der Waals surface area contributed by atoms with E-state index in [0.717, 1.165) is 25.1 Å². The number of hydrogen-bond acceptors (Lipinski definition) is 5. The molecule has 120 valence electrons. The smallest absolute Gasteiger partial charge is 0.211 e. The average molecular weight is 316 g/mol. The van der Waals surface area contributed by atoms with Gasteiger partial charge in [0, 0.05) is 20.2 Å². The molecular formula is C14H24N2O4S. The largest absolute Gasteiger partial charge is 0.468 e. The fourth-order valence-electron chi connectivity index (χ4n) is 2.70. The van der Waals surface area contributed by atoms with E-state index in [0.29, 0.717) is 25.6 Å². The van der Waals surface area contributed by atoms with Crippen molar-refractivity contribution >= 4 is 10.0 Å². The molecular weight excluding hydrogens is 292 g/mol. The fourth-order valence-corrected chi connectivity index (χ4v) is 3.64. The predicted molar refractivity (Wildman–Crippen MR) is 80.5 cm³/mol. The Bertz CT molecular complexity index is 515. The molecule has 0 bridgehead atoms. The zero-order valence-electron chi connectivity index (χ0n) is 12.6. The Morgan fingerprint density at radius 2 is 2.38 bits per heavy atom. The van der Waals surface area contributed by atoms with Crippen LogP contribution < -0.4 is 5.32 Å². The number of sulfonamides is 1. The Balaban J connectivity index is 1.89. The van der Waals surface area contributed by atoms with E-state index in [1.54, 1.807) is 17.7 Å². The first-order valence-corrected chi connectivity index (χ1v) is 9.06. The molecule has 2 rings (SSSR count). The molecule has 2 atom stereocenters. The molecule has 0 unspecified atom stereocenters. The van der Waals surface area contributed by atoms with Crippen molar-refractivity contribution in [2.24, 2.45) is 5.92 Å². The van der Waals surface area contributed by atoms with Gasteiger partial charge in [0.2, 0.25) is 10.0 Å². The topological polar surface area (TPSA) is 71.8 Å². The van der Waals surface area contributed by atoms with Crippen molar-refractivity contribution in [2.45, 2.75) is 18.9 Å². The summed E-state index contributed by atoms with van der Waals surface area (Å²) in [5.41, 5.74) is 0. The van der Waals surface area contributed by atoms with E-state index >= 15 is 0 Å². The van der Waals surface area contributed by atoms with Gasteiger partial charge in [0.05, 0.1) is 25.2 Å². The number of nitrogens with zero attached hydrogens (tertiary/aromatic N) is 1. The Labute approximate surface area is 126 Å². The number of piperidine rings is 1. The molecule has 0 aromatic carbocycles. The summed E-state index contributed by atoms with van der Waals surface area (Å²) < 4.78 is 35.5. The van der Waals surface area contributed by atoms with Crippen LogP contribution in [0.15, 0.2) is 22.8 Å². The maximum absolute atomic E-state index is 11.6. The van der Waals surface area contributed by atoms with Crippen LogP contribution in [0.25, 0.3) is 0 Å². The van der Waals surface area contributed by atoms with Gasteiger partial charge in [-0.3, -0.25) is 0 Å². The molecule has 1 saturated heterocycles. The van der Waals surface area contributed by atoms with Crippen molar-refractivity contribution in [3.8, 4) is 0 Å². The molecule has 0 amide bonds. The van der Waals surface area contributed by atoms with Crippen molar-refractivity contribution in [1.29, 1.82) is 0 Å². The highest BCUT2D eigenvalue weighted by atomic mass is 32.2. The highest BCUT2D eigenvalue weighted by molar-refractivity contribution is 7.88. The van der Waals surface area contributed by atoms with Gasteiger partial charge in [-0.15, -0.1) is 0 Å². The van der Waals surface area contributed by atoms with Crippen LogP contribution in [-0.4, -0.2) is 52.3 Å². The van der Waals surface area contributed by atoms with Gasteiger partial charge in [-0.25, -0.2) is 12.7 Å². The quantitative estimate of drug-likeness (QED) is 0.819. The zero-order valence-corrected chi connectivity index (χ0v) is 13.4. The first-order valence-electron chi connectivity index (χ1n) is 7.21.